The first kappa shape index (κ1) is 10.1. The Hall–Kier alpha value is -1.96. The molecule has 0 saturated carbocycles. The van der Waals surface area contributed by atoms with Crippen molar-refractivity contribution in [3.05, 3.63) is 11.8 Å². The third-order valence-electron chi connectivity index (χ3n) is 1.89. The molecule has 0 aliphatic heterocycles. The number of anilines is 1. The molecule has 74 valence electrons. The van der Waals surface area contributed by atoms with Gasteiger partial charge >= 0.3 is 0 Å². The van der Waals surface area contributed by atoms with Crippen LogP contribution in [-0.2, 0) is 7.05 Å². The first-order valence-corrected chi connectivity index (χ1v) is 4.04. The fourth-order valence-corrected chi connectivity index (χ4v) is 1.03. The summed E-state index contributed by atoms with van der Waals surface area (Å²) in [6, 6.07) is 0. The lowest BCUT2D eigenvalue weighted by atomic mass is 10.3. The highest BCUT2D eigenvalue weighted by atomic mass is 16.2. The molecule has 5 heteroatoms. The summed E-state index contributed by atoms with van der Waals surface area (Å²) in [7, 11) is 3.29. The van der Waals surface area contributed by atoms with E-state index in [1.54, 1.807) is 14.1 Å². The van der Waals surface area contributed by atoms with Crippen molar-refractivity contribution in [3.63, 3.8) is 0 Å². The van der Waals surface area contributed by atoms with Gasteiger partial charge in [0.05, 0.1) is 12.7 Å². The summed E-state index contributed by atoms with van der Waals surface area (Å²) in [5, 5.41) is 3.87. The number of nitrogens with two attached hydrogens (primary N) is 1. The van der Waals surface area contributed by atoms with Crippen LogP contribution in [0.1, 0.15) is 10.4 Å². The van der Waals surface area contributed by atoms with Gasteiger partial charge in [-0.15, -0.1) is 6.42 Å². The Kier molecular flexibility index (Phi) is 2.77. The highest BCUT2D eigenvalue weighted by Gasteiger charge is 2.16. The van der Waals surface area contributed by atoms with Crippen LogP contribution in [0.5, 0.6) is 0 Å². The molecule has 1 heterocycles. The van der Waals surface area contributed by atoms with Crippen molar-refractivity contribution in [2.75, 3.05) is 19.3 Å². The molecule has 0 spiro atoms. The van der Waals surface area contributed by atoms with E-state index in [1.807, 2.05) is 0 Å². The zero-order valence-electron chi connectivity index (χ0n) is 8.19. The van der Waals surface area contributed by atoms with Crippen LogP contribution in [0.4, 0.5) is 5.82 Å². The molecule has 0 aromatic carbocycles. The van der Waals surface area contributed by atoms with Crippen LogP contribution in [0.2, 0.25) is 0 Å². The molecule has 0 unspecified atom stereocenters. The third kappa shape index (κ3) is 1.69. The summed E-state index contributed by atoms with van der Waals surface area (Å²) >= 11 is 0. The van der Waals surface area contributed by atoms with Crippen molar-refractivity contribution in [1.29, 1.82) is 0 Å². The number of rotatable bonds is 2. The van der Waals surface area contributed by atoms with Crippen molar-refractivity contribution in [1.82, 2.24) is 14.7 Å². The molecule has 0 bridgehead atoms. The molecule has 1 aromatic rings. The molecule has 0 radical (unpaired) electrons. The standard InChI is InChI=1S/C9H12N4O/c1-4-5-12(2)9(14)7-6-11-13(3)8(7)10/h1,6H,5,10H2,2-3H3. The van der Waals surface area contributed by atoms with Gasteiger partial charge in [-0.1, -0.05) is 5.92 Å². The van der Waals surface area contributed by atoms with Gasteiger partial charge in [-0.05, 0) is 0 Å². The molecule has 0 atom stereocenters. The van der Waals surface area contributed by atoms with Crippen LogP contribution >= 0.6 is 0 Å². The minimum Gasteiger partial charge on any atom is -0.383 e. The van der Waals surface area contributed by atoms with Gasteiger partial charge in [-0.3, -0.25) is 9.48 Å². The monoisotopic (exact) mass is 192 g/mol. The number of nitrogen functional groups attached to an aromatic ring is 1. The molecule has 0 saturated heterocycles. The maximum absolute atomic E-state index is 11.7. The second kappa shape index (κ2) is 3.83. The minimum absolute atomic E-state index is 0.214. The Morgan fingerprint density at radius 3 is 2.93 bits per heavy atom. The predicted octanol–water partition coefficient (Wildman–Crippen LogP) is -0.293. The molecule has 2 N–H and O–H groups in total. The topological polar surface area (TPSA) is 64.2 Å². The van der Waals surface area contributed by atoms with Gasteiger partial charge in [-0.2, -0.15) is 5.10 Å². The molecule has 1 amide bonds. The fourth-order valence-electron chi connectivity index (χ4n) is 1.03. The van der Waals surface area contributed by atoms with E-state index in [0.29, 0.717) is 11.4 Å². The first-order chi connectivity index (χ1) is 6.57. The third-order valence-corrected chi connectivity index (χ3v) is 1.89. The molecular formula is C9H12N4O. The normalized spacial score (nSPS) is 9.50. The van der Waals surface area contributed by atoms with Gasteiger partial charge in [0.15, 0.2) is 0 Å². The first-order valence-electron chi connectivity index (χ1n) is 4.04. The van der Waals surface area contributed by atoms with E-state index in [9.17, 15) is 4.79 Å². The van der Waals surface area contributed by atoms with Crippen molar-refractivity contribution in [2.45, 2.75) is 0 Å². The lowest BCUT2D eigenvalue weighted by molar-refractivity contribution is 0.0813. The van der Waals surface area contributed by atoms with Crippen LogP contribution in [0.3, 0.4) is 0 Å². The van der Waals surface area contributed by atoms with E-state index in [0.717, 1.165) is 0 Å². The van der Waals surface area contributed by atoms with E-state index in [1.165, 1.54) is 15.8 Å². The number of amides is 1. The van der Waals surface area contributed by atoms with E-state index in [4.69, 9.17) is 12.2 Å². The SMILES string of the molecule is C#CCN(C)C(=O)c1cnn(C)c1N. The lowest BCUT2D eigenvalue weighted by Gasteiger charge is -2.12. The lowest BCUT2D eigenvalue weighted by Crippen LogP contribution is -2.27. The van der Waals surface area contributed by atoms with Crippen LogP contribution < -0.4 is 5.73 Å². The minimum atomic E-state index is -0.214. The Morgan fingerprint density at radius 2 is 2.50 bits per heavy atom. The average molecular weight is 192 g/mol. The molecule has 1 aromatic heterocycles. The molecule has 5 nitrogen and oxygen atoms in total. The van der Waals surface area contributed by atoms with E-state index >= 15 is 0 Å². The Labute approximate surface area is 82.5 Å². The summed E-state index contributed by atoms with van der Waals surface area (Å²) in [5.41, 5.74) is 6.02. The van der Waals surface area contributed by atoms with E-state index in [-0.39, 0.29) is 12.5 Å². The van der Waals surface area contributed by atoms with E-state index < -0.39 is 0 Å². The summed E-state index contributed by atoms with van der Waals surface area (Å²) in [4.78, 5) is 13.1. The van der Waals surface area contributed by atoms with Crippen LogP contribution in [0.25, 0.3) is 0 Å². The van der Waals surface area contributed by atoms with Gasteiger partial charge in [0.25, 0.3) is 5.91 Å². The molecule has 0 fully saturated rings. The predicted molar refractivity (Wildman–Crippen MR) is 53.4 cm³/mol. The number of aromatic nitrogens is 2. The molecule has 14 heavy (non-hydrogen) atoms. The Morgan fingerprint density at radius 1 is 1.86 bits per heavy atom. The molecule has 0 aliphatic rings. The Bertz CT molecular complexity index is 388. The zero-order valence-corrected chi connectivity index (χ0v) is 8.19. The van der Waals surface area contributed by atoms with E-state index in [2.05, 4.69) is 11.0 Å². The summed E-state index contributed by atoms with van der Waals surface area (Å²) < 4.78 is 1.44. The number of hydrogen-bond donors (Lipinski definition) is 1. The van der Waals surface area contributed by atoms with Gasteiger partial charge < -0.3 is 10.6 Å². The van der Waals surface area contributed by atoms with Crippen LogP contribution in [0.15, 0.2) is 6.20 Å². The smallest absolute Gasteiger partial charge is 0.259 e. The number of nitrogens with zero attached hydrogens (tertiary/aromatic N) is 3. The van der Waals surface area contributed by atoms with Gasteiger partial charge in [0.2, 0.25) is 0 Å². The van der Waals surface area contributed by atoms with Gasteiger partial charge in [-0.25, -0.2) is 0 Å². The fraction of sp³-hybridized carbons (Fsp3) is 0.333. The maximum atomic E-state index is 11.7. The van der Waals surface area contributed by atoms with Crippen molar-refractivity contribution < 1.29 is 4.79 Å². The largest absolute Gasteiger partial charge is 0.383 e. The number of terminal acetylenes is 1. The number of carbonyl (C=O) groups excluding carboxylic acids is 1. The highest BCUT2D eigenvalue weighted by Crippen LogP contribution is 2.11. The van der Waals surface area contributed by atoms with Gasteiger partial charge in [0.1, 0.15) is 11.4 Å². The maximum Gasteiger partial charge on any atom is 0.259 e. The number of aryl methyl sites for hydroxylation is 1. The quantitative estimate of drug-likeness (QED) is 0.655. The molecular weight excluding hydrogens is 180 g/mol. The molecule has 1 rings (SSSR count). The van der Waals surface area contributed by atoms with Crippen molar-refractivity contribution >= 4 is 11.7 Å². The van der Waals surface area contributed by atoms with Gasteiger partial charge in [0, 0.05) is 14.1 Å². The second-order valence-corrected chi connectivity index (χ2v) is 2.93. The van der Waals surface area contributed by atoms with Crippen molar-refractivity contribution in [2.24, 2.45) is 7.05 Å². The second-order valence-electron chi connectivity index (χ2n) is 2.93. The average Bonchev–Trinajstić information content (AvgIpc) is 2.47. The number of hydrogen-bond acceptors (Lipinski definition) is 3. The van der Waals surface area contributed by atoms with Crippen LogP contribution in [-0.4, -0.2) is 34.2 Å². The highest BCUT2D eigenvalue weighted by molar-refractivity contribution is 5.98. The summed E-state index contributed by atoms with van der Waals surface area (Å²) in [6.07, 6.45) is 6.53. The Balaban J connectivity index is 2.91. The van der Waals surface area contributed by atoms with Crippen molar-refractivity contribution in [3.8, 4) is 12.3 Å². The summed E-state index contributed by atoms with van der Waals surface area (Å²) in [6.45, 7) is 0.257. The van der Waals surface area contributed by atoms with Crippen LogP contribution in [0, 0.1) is 12.3 Å². The zero-order chi connectivity index (χ0) is 10.7. The molecule has 0 aliphatic carbocycles. The number of carbonyl (C=O) groups is 1. The summed E-state index contributed by atoms with van der Waals surface area (Å²) in [5.74, 6) is 2.51.